The number of likely N-dealkylation sites (tertiary alicyclic amines) is 1. The first kappa shape index (κ1) is 17.7. The Hall–Kier alpha value is -2.64. The first-order valence-corrected chi connectivity index (χ1v) is 7.57. The molecule has 1 saturated heterocycles. The summed E-state index contributed by atoms with van der Waals surface area (Å²) in [6, 6.07) is 4.20. The van der Waals surface area contributed by atoms with Crippen LogP contribution in [0.3, 0.4) is 0 Å². The Balaban J connectivity index is 2.16. The van der Waals surface area contributed by atoms with Gasteiger partial charge < -0.3 is 15.0 Å². The van der Waals surface area contributed by atoms with Crippen LogP contribution in [-0.4, -0.2) is 40.8 Å². The molecule has 8 heteroatoms. The van der Waals surface area contributed by atoms with Crippen molar-refractivity contribution in [1.82, 2.24) is 4.90 Å². The number of rotatable bonds is 4. The largest absolute Gasteiger partial charge is 0.496 e. The lowest BCUT2D eigenvalue weighted by atomic mass is 10.1. The van der Waals surface area contributed by atoms with Gasteiger partial charge in [0.2, 0.25) is 11.8 Å². The number of nitrogens with zero attached hydrogens (tertiary/aromatic N) is 2. The molecule has 1 atom stereocenters. The molecule has 1 heterocycles. The quantitative estimate of drug-likeness (QED) is 0.671. The van der Waals surface area contributed by atoms with Crippen molar-refractivity contribution in [3.8, 4) is 5.75 Å². The number of nitro benzene ring substituents is 1. The zero-order valence-corrected chi connectivity index (χ0v) is 14.2. The van der Waals surface area contributed by atoms with E-state index in [0.29, 0.717) is 12.3 Å². The lowest BCUT2D eigenvalue weighted by Crippen LogP contribution is -2.42. The van der Waals surface area contributed by atoms with E-state index in [-0.39, 0.29) is 29.2 Å². The number of hydrogen-bond acceptors (Lipinski definition) is 5. The van der Waals surface area contributed by atoms with E-state index in [0.717, 1.165) is 0 Å². The fourth-order valence-corrected chi connectivity index (χ4v) is 2.66. The number of amides is 2. The molecule has 0 aromatic heterocycles. The first-order chi connectivity index (χ1) is 11.1. The molecule has 0 spiro atoms. The molecule has 1 aromatic rings. The van der Waals surface area contributed by atoms with Crippen LogP contribution in [0.5, 0.6) is 5.75 Å². The maximum absolute atomic E-state index is 12.4. The highest BCUT2D eigenvalue weighted by Crippen LogP contribution is 2.31. The maximum Gasteiger partial charge on any atom is 0.296 e. The number of ether oxygens (including phenoxy) is 1. The summed E-state index contributed by atoms with van der Waals surface area (Å²) in [6.45, 7) is 6.01. The second kappa shape index (κ2) is 6.46. The lowest BCUT2D eigenvalue weighted by Gasteiger charge is -2.31. The van der Waals surface area contributed by atoms with Gasteiger partial charge in [-0.05, 0) is 32.9 Å². The van der Waals surface area contributed by atoms with Gasteiger partial charge in [-0.3, -0.25) is 19.7 Å². The summed E-state index contributed by atoms with van der Waals surface area (Å²) in [7, 11) is 1.41. The van der Waals surface area contributed by atoms with Crippen LogP contribution in [-0.2, 0) is 9.59 Å². The van der Waals surface area contributed by atoms with Crippen molar-refractivity contribution in [1.29, 1.82) is 0 Å². The molecule has 1 aliphatic rings. The van der Waals surface area contributed by atoms with Crippen molar-refractivity contribution < 1.29 is 19.2 Å². The number of anilines is 1. The number of methoxy groups -OCH3 is 1. The van der Waals surface area contributed by atoms with Crippen LogP contribution in [0.4, 0.5) is 11.4 Å². The van der Waals surface area contributed by atoms with Gasteiger partial charge in [0.15, 0.2) is 0 Å². The second-order valence-electron chi connectivity index (χ2n) is 6.71. The third-order valence-electron chi connectivity index (χ3n) is 3.97. The number of carbonyl (C=O) groups is 2. The summed E-state index contributed by atoms with van der Waals surface area (Å²) in [5, 5.41) is 13.7. The van der Waals surface area contributed by atoms with Crippen molar-refractivity contribution in [2.45, 2.75) is 32.7 Å². The second-order valence-corrected chi connectivity index (χ2v) is 6.71. The van der Waals surface area contributed by atoms with Gasteiger partial charge in [-0.15, -0.1) is 0 Å². The molecule has 1 aliphatic heterocycles. The molecule has 0 unspecified atom stereocenters. The van der Waals surface area contributed by atoms with Gasteiger partial charge >= 0.3 is 0 Å². The molecule has 1 aromatic carbocycles. The monoisotopic (exact) mass is 335 g/mol. The van der Waals surface area contributed by atoms with E-state index in [1.54, 1.807) is 4.90 Å². The van der Waals surface area contributed by atoms with Crippen LogP contribution < -0.4 is 10.1 Å². The van der Waals surface area contributed by atoms with Crippen molar-refractivity contribution in [2.75, 3.05) is 19.0 Å². The van der Waals surface area contributed by atoms with Crippen molar-refractivity contribution in [2.24, 2.45) is 5.92 Å². The fraction of sp³-hybridized carbons (Fsp3) is 0.500. The van der Waals surface area contributed by atoms with Crippen LogP contribution >= 0.6 is 0 Å². The van der Waals surface area contributed by atoms with E-state index in [4.69, 9.17) is 4.74 Å². The van der Waals surface area contributed by atoms with Gasteiger partial charge in [0.25, 0.3) is 5.69 Å². The number of benzene rings is 1. The van der Waals surface area contributed by atoms with Gasteiger partial charge in [-0.25, -0.2) is 0 Å². The van der Waals surface area contributed by atoms with Crippen molar-refractivity contribution in [3.63, 3.8) is 0 Å². The molecule has 2 amide bonds. The zero-order chi connectivity index (χ0) is 18.1. The van der Waals surface area contributed by atoms with E-state index < -0.39 is 16.7 Å². The molecule has 8 nitrogen and oxygen atoms in total. The van der Waals surface area contributed by atoms with Crippen molar-refractivity contribution in [3.05, 3.63) is 28.3 Å². The summed E-state index contributed by atoms with van der Waals surface area (Å²) in [6.07, 6.45) is 0.104. The highest BCUT2D eigenvalue weighted by molar-refractivity contribution is 5.98. The van der Waals surface area contributed by atoms with Crippen LogP contribution in [0.1, 0.15) is 27.2 Å². The van der Waals surface area contributed by atoms with E-state index in [1.165, 1.54) is 25.3 Å². The normalized spacial score (nSPS) is 17.8. The maximum atomic E-state index is 12.4. The fourth-order valence-electron chi connectivity index (χ4n) is 2.66. The smallest absolute Gasteiger partial charge is 0.296 e. The third-order valence-corrected chi connectivity index (χ3v) is 3.97. The number of nitrogens with one attached hydrogen (secondary N) is 1. The summed E-state index contributed by atoms with van der Waals surface area (Å²) in [4.78, 5) is 36.7. The van der Waals surface area contributed by atoms with Crippen LogP contribution in [0.25, 0.3) is 0 Å². The van der Waals surface area contributed by atoms with Gasteiger partial charge in [0.05, 0.1) is 24.0 Å². The molecule has 1 N–H and O–H groups in total. The van der Waals surface area contributed by atoms with Gasteiger partial charge in [0.1, 0.15) is 11.4 Å². The molecule has 1 fully saturated rings. The summed E-state index contributed by atoms with van der Waals surface area (Å²) in [5.74, 6) is -0.691. The molecule has 0 radical (unpaired) electrons. The molecular formula is C16H21N3O5. The van der Waals surface area contributed by atoms with Gasteiger partial charge in [-0.1, -0.05) is 0 Å². The summed E-state index contributed by atoms with van der Waals surface area (Å²) < 4.78 is 4.96. The predicted molar refractivity (Wildman–Crippen MR) is 87.9 cm³/mol. The Kier molecular flexibility index (Phi) is 4.77. The van der Waals surface area contributed by atoms with E-state index in [1.807, 2.05) is 20.8 Å². The van der Waals surface area contributed by atoms with E-state index >= 15 is 0 Å². The molecule has 0 saturated carbocycles. The van der Waals surface area contributed by atoms with E-state index in [9.17, 15) is 19.7 Å². The third kappa shape index (κ3) is 3.64. The molecular weight excluding hydrogens is 314 g/mol. The van der Waals surface area contributed by atoms with Gasteiger partial charge in [-0.2, -0.15) is 0 Å². The topological polar surface area (TPSA) is 102 Å². The Morgan fingerprint density at radius 3 is 2.58 bits per heavy atom. The SMILES string of the molecule is COc1ccc(NC(=O)[C@H]2CC(=O)N(C(C)(C)C)C2)c([N+](=O)[O-])c1. The minimum absolute atomic E-state index is 0.0902. The minimum atomic E-state index is -0.584. The number of hydrogen-bond donors (Lipinski definition) is 1. The van der Waals surface area contributed by atoms with Crippen molar-refractivity contribution >= 4 is 23.2 Å². The average Bonchev–Trinajstić information content (AvgIpc) is 2.89. The highest BCUT2D eigenvalue weighted by atomic mass is 16.6. The molecule has 2 rings (SSSR count). The lowest BCUT2D eigenvalue weighted by molar-refractivity contribution is -0.384. The zero-order valence-electron chi connectivity index (χ0n) is 14.2. The Bertz CT molecular complexity index is 681. The Morgan fingerprint density at radius 2 is 2.08 bits per heavy atom. The summed E-state index contributed by atoms with van der Waals surface area (Å²) in [5.41, 5.74) is -0.523. The average molecular weight is 335 g/mol. The Morgan fingerprint density at radius 1 is 1.42 bits per heavy atom. The van der Waals surface area contributed by atoms with E-state index in [2.05, 4.69) is 5.32 Å². The highest BCUT2D eigenvalue weighted by Gasteiger charge is 2.39. The molecule has 0 bridgehead atoms. The van der Waals surface area contributed by atoms with Gasteiger partial charge in [0, 0.05) is 18.5 Å². The van der Waals surface area contributed by atoms with Crippen LogP contribution in [0.15, 0.2) is 18.2 Å². The first-order valence-electron chi connectivity index (χ1n) is 7.57. The number of carbonyl (C=O) groups excluding carboxylic acids is 2. The van der Waals surface area contributed by atoms with Crippen LogP contribution in [0, 0.1) is 16.0 Å². The standard InChI is InChI=1S/C16H21N3O5/c1-16(2,3)18-9-10(7-14(18)20)15(21)17-12-6-5-11(24-4)8-13(12)19(22)23/h5-6,8,10H,7,9H2,1-4H3,(H,17,21)/t10-/m0/s1. The van der Waals surface area contributed by atoms with Crippen LogP contribution in [0.2, 0.25) is 0 Å². The molecule has 130 valence electrons. The summed E-state index contributed by atoms with van der Waals surface area (Å²) >= 11 is 0. The number of nitro groups is 1. The minimum Gasteiger partial charge on any atom is -0.496 e. The predicted octanol–water partition coefficient (Wildman–Crippen LogP) is 2.19. The molecule has 24 heavy (non-hydrogen) atoms. The molecule has 0 aliphatic carbocycles. The Labute approximate surface area is 139 Å².